The normalized spacial score (nSPS) is 21.4. The summed E-state index contributed by atoms with van der Waals surface area (Å²) in [5.41, 5.74) is 5.37. The average Bonchev–Trinajstić information content (AvgIpc) is 2.33. The highest BCUT2D eigenvalue weighted by atomic mass is 15.1. The van der Waals surface area contributed by atoms with Crippen LogP contribution < -0.4 is 5.73 Å². The zero-order valence-electron chi connectivity index (χ0n) is 7.84. The number of hydrogen-bond acceptors (Lipinski definition) is 2. The van der Waals surface area contributed by atoms with Crippen molar-refractivity contribution in [1.29, 1.82) is 0 Å². The van der Waals surface area contributed by atoms with E-state index in [1.54, 1.807) is 0 Å². The van der Waals surface area contributed by atoms with Gasteiger partial charge in [-0.1, -0.05) is 25.0 Å². The first-order valence-electron chi connectivity index (χ1n) is 5.01. The van der Waals surface area contributed by atoms with Gasteiger partial charge in [-0.25, -0.2) is 0 Å². The third kappa shape index (κ3) is 3.88. The quantitative estimate of drug-likeness (QED) is 0.645. The van der Waals surface area contributed by atoms with Crippen LogP contribution in [-0.4, -0.2) is 31.1 Å². The maximum Gasteiger partial charge on any atom is 0.0163 e. The Labute approximate surface area is 75.4 Å². The van der Waals surface area contributed by atoms with Gasteiger partial charge in [-0.05, 0) is 25.9 Å². The van der Waals surface area contributed by atoms with Gasteiger partial charge in [0, 0.05) is 13.1 Å². The summed E-state index contributed by atoms with van der Waals surface area (Å²) in [5, 5.41) is 0. The molecule has 0 spiro atoms. The minimum Gasteiger partial charge on any atom is -0.327 e. The summed E-state index contributed by atoms with van der Waals surface area (Å²) in [6, 6.07) is 0. The Morgan fingerprint density at radius 1 is 1.00 bits per heavy atom. The molecule has 0 aliphatic carbocycles. The number of likely N-dealkylation sites (tertiary alicyclic amines) is 1. The first kappa shape index (κ1) is 9.75. The van der Waals surface area contributed by atoms with Crippen molar-refractivity contribution in [1.82, 2.24) is 4.90 Å². The molecule has 1 aliphatic rings. The van der Waals surface area contributed by atoms with Gasteiger partial charge in [-0.15, -0.1) is 0 Å². The molecule has 0 bridgehead atoms. The monoisotopic (exact) mass is 168 g/mol. The predicted molar refractivity (Wildman–Crippen MR) is 53.1 cm³/mol. The lowest BCUT2D eigenvalue weighted by Gasteiger charge is -2.16. The minimum absolute atomic E-state index is 0.674. The lowest BCUT2D eigenvalue weighted by molar-refractivity contribution is 0.315. The minimum atomic E-state index is 0.674. The zero-order valence-corrected chi connectivity index (χ0v) is 7.84. The van der Waals surface area contributed by atoms with Crippen LogP contribution in [0.5, 0.6) is 0 Å². The van der Waals surface area contributed by atoms with Crippen molar-refractivity contribution in [3.63, 3.8) is 0 Å². The van der Waals surface area contributed by atoms with E-state index in [4.69, 9.17) is 5.73 Å². The molecule has 2 N–H and O–H groups in total. The predicted octanol–water partition coefficient (Wildman–Crippen LogP) is 1.38. The molecular formula is C10H20N2. The molecule has 70 valence electrons. The third-order valence-corrected chi connectivity index (χ3v) is 2.37. The average molecular weight is 168 g/mol. The smallest absolute Gasteiger partial charge is 0.0163 e. The fourth-order valence-corrected chi connectivity index (χ4v) is 1.64. The van der Waals surface area contributed by atoms with E-state index in [0.29, 0.717) is 6.54 Å². The number of rotatable bonds is 3. The van der Waals surface area contributed by atoms with E-state index in [2.05, 4.69) is 11.0 Å². The topological polar surface area (TPSA) is 29.3 Å². The van der Waals surface area contributed by atoms with Crippen molar-refractivity contribution in [3.05, 3.63) is 12.2 Å². The van der Waals surface area contributed by atoms with Gasteiger partial charge in [-0.3, -0.25) is 4.90 Å². The summed E-state index contributed by atoms with van der Waals surface area (Å²) in [6.45, 7) is 4.31. The Morgan fingerprint density at radius 2 is 1.67 bits per heavy atom. The molecule has 1 aliphatic heterocycles. The van der Waals surface area contributed by atoms with Gasteiger partial charge >= 0.3 is 0 Å². The van der Waals surface area contributed by atoms with Crippen molar-refractivity contribution in [3.8, 4) is 0 Å². The van der Waals surface area contributed by atoms with E-state index in [0.717, 1.165) is 6.54 Å². The molecule has 0 radical (unpaired) electrons. The molecule has 2 heteroatoms. The van der Waals surface area contributed by atoms with Crippen LogP contribution in [0, 0.1) is 0 Å². The zero-order chi connectivity index (χ0) is 8.65. The van der Waals surface area contributed by atoms with Crippen LogP contribution in [0.1, 0.15) is 25.7 Å². The van der Waals surface area contributed by atoms with Crippen LogP contribution in [0.3, 0.4) is 0 Å². The Bertz CT molecular complexity index is 124. The van der Waals surface area contributed by atoms with Gasteiger partial charge in [-0.2, -0.15) is 0 Å². The summed E-state index contributed by atoms with van der Waals surface area (Å²) in [7, 11) is 0. The number of nitrogens with zero attached hydrogens (tertiary/aromatic N) is 1. The fourth-order valence-electron chi connectivity index (χ4n) is 1.64. The Balaban J connectivity index is 2.16. The Morgan fingerprint density at radius 3 is 2.25 bits per heavy atom. The molecule has 0 amide bonds. The molecule has 0 aromatic heterocycles. The largest absolute Gasteiger partial charge is 0.327 e. The molecule has 0 unspecified atom stereocenters. The van der Waals surface area contributed by atoms with Crippen molar-refractivity contribution in [2.75, 3.05) is 26.2 Å². The molecule has 0 saturated carbocycles. The van der Waals surface area contributed by atoms with Gasteiger partial charge in [0.2, 0.25) is 0 Å². The molecule has 1 rings (SSSR count). The van der Waals surface area contributed by atoms with Crippen LogP contribution in [0.15, 0.2) is 12.2 Å². The van der Waals surface area contributed by atoms with E-state index in [9.17, 15) is 0 Å². The van der Waals surface area contributed by atoms with Crippen LogP contribution in [0.2, 0.25) is 0 Å². The Kier molecular flexibility index (Phi) is 5.04. The molecule has 0 atom stereocenters. The van der Waals surface area contributed by atoms with Crippen molar-refractivity contribution in [2.45, 2.75) is 25.7 Å². The first-order valence-corrected chi connectivity index (χ1v) is 5.01. The Hall–Kier alpha value is -0.340. The maximum absolute atomic E-state index is 5.37. The van der Waals surface area contributed by atoms with Gasteiger partial charge < -0.3 is 5.73 Å². The molecule has 1 saturated heterocycles. The molecule has 1 heterocycles. The van der Waals surface area contributed by atoms with Crippen molar-refractivity contribution >= 4 is 0 Å². The fraction of sp³-hybridized carbons (Fsp3) is 0.800. The SMILES string of the molecule is NCC=CCN1CCCCCC1. The lowest BCUT2D eigenvalue weighted by atomic mass is 10.2. The van der Waals surface area contributed by atoms with E-state index < -0.39 is 0 Å². The van der Waals surface area contributed by atoms with Crippen molar-refractivity contribution < 1.29 is 0 Å². The van der Waals surface area contributed by atoms with E-state index in [1.807, 2.05) is 6.08 Å². The molecule has 2 nitrogen and oxygen atoms in total. The lowest BCUT2D eigenvalue weighted by Crippen LogP contribution is -2.24. The van der Waals surface area contributed by atoms with Crippen LogP contribution in [-0.2, 0) is 0 Å². The van der Waals surface area contributed by atoms with E-state index >= 15 is 0 Å². The highest BCUT2D eigenvalue weighted by Crippen LogP contribution is 2.08. The van der Waals surface area contributed by atoms with Crippen LogP contribution in [0.4, 0.5) is 0 Å². The number of hydrogen-bond donors (Lipinski definition) is 1. The van der Waals surface area contributed by atoms with Crippen LogP contribution >= 0.6 is 0 Å². The van der Waals surface area contributed by atoms with Crippen LogP contribution in [0.25, 0.3) is 0 Å². The van der Waals surface area contributed by atoms with E-state index in [-0.39, 0.29) is 0 Å². The molecule has 12 heavy (non-hydrogen) atoms. The highest BCUT2D eigenvalue weighted by Gasteiger charge is 2.05. The van der Waals surface area contributed by atoms with Gasteiger partial charge in [0.05, 0.1) is 0 Å². The van der Waals surface area contributed by atoms with Gasteiger partial charge in [0.25, 0.3) is 0 Å². The summed E-state index contributed by atoms with van der Waals surface area (Å²) in [5.74, 6) is 0. The summed E-state index contributed by atoms with van der Waals surface area (Å²) >= 11 is 0. The first-order chi connectivity index (χ1) is 5.93. The second kappa shape index (κ2) is 6.21. The summed E-state index contributed by atoms with van der Waals surface area (Å²) in [6.07, 6.45) is 9.80. The van der Waals surface area contributed by atoms with E-state index in [1.165, 1.54) is 38.8 Å². The molecule has 0 aromatic rings. The number of nitrogens with two attached hydrogens (primary N) is 1. The third-order valence-electron chi connectivity index (χ3n) is 2.37. The summed E-state index contributed by atoms with van der Waals surface area (Å²) < 4.78 is 0. The van der Waals surface area contributed by atoms with Crippen molar-refractivity contribution in [2.24, 2.45) is 5.73 Å². The van der Waals surface area contributed by atoms with Gasteiger partial charge in [0.1, 0.15) is 0 Å². The summed E-state index contributed by atoms with van der Waals surface area (Å²) in [4.78, 5) is 2.51. The second-order valence-corrected chi connectivity index (χ2v) is 3.42. The highest BCUT2D eigenvalue weighted by molar-refractivity contribution is 4.85. The second-order valence-electron chi connectivity index (χ2n) is 3.42. The maximum atomic E-state index is 5.37. The molecular weight excluding hydrogens is 148 g/mol. The molecule has 0 aromatic carbocycles. The van der Waals surface area contributed by atoms with Gasteiger partial charge in [0.15, 0.2) is 0 Å². The standard InChI is InChI=1S/C10H20N2/c11-7-3-6-10-12-8-4-1-2-5-9-12/h3,6H,1-2,4-5,7-11H2. The molecule has 1 fully saturated rings.